The van der Waals surface area contributed by atoms with Crippen LogP contribution in [0.15, 0.2) is 30.3 Å². The van der Waals surface area contributed by atoms with Gasteiger partial charge < -0.3 is 0 Å². The zero-order valence-electron chi connectivity index (χ0n) is 8.79. The van der Waals surface area contributed by atoms with E-state index in [0.29, 0.717) is 10.9 Å². The number of thioether (sulfide) groups is 1. The molecule has 1 aliphatic heterocycles. The van der Waals surface area contributed by atoms with Crippen molar-refractivity contribution in [3.05, 3.63) is 35.9 Å². The highest BCUT2D eigenvalue weighted by molar-refractivity contribution is 8.00. The highest BCUT2D eigenvalue weighted by atomic mass is 32.2. The van der Waals surface area contributed by atoms with E-state index in [1.807, 2.05) is 11.8 Å². The predicted molar refractivity (Wildman–Crippen MR) is 63.6 cm³/mol. The molecule has 0 aromatic heterocycles. The van der Waals surface area contributed by atoms with Crippen molar-refractivity contribution in [2.24, 2.45) is 0 Å². The summed E-state index contributed by atoms with van der Waals surface area (Å²) in [5.41, 5.74) is 1.74. The molecule has 1 saturated heterocycles. The van der Waals surface area contributed by atoms with Crippen LogP contribution < -0.4 is 5.32 Å². The molecular formula is C12H17NS. The third kappa shape index (κ3) is 2.52. The second-order valence-electron chi connectivity index (χ2n) is 4.52. The van der Waals surface area contributed by atoms with Crippen molar-refractivity contribution in [1.82, 2.24) is 5.32 Å². The smallest absolute Gasteiger partial charge is 0.0577 e. The SMILES string of the molecule is CC1(C)CSC(Cc2ccccc2)N1. The van der Waals surface area contributed by atoms with Gasteiger partial charge in [-0.3, -0.25) is 5.32 Å². The van der Waals surface area contributed by atoms with Crippen molar-refractivity contribution >= 4 is 11.8 Å². The lowest BCUT2D eigenvalue weighted by Gasteiger charge is -2.18. The molecule has 1 nitrogen and oxygen atoms in total. The quantitative estimate of drug-likeness (QED) is 0.800. The van der Waals surface area contributed by atoms with Crippen LogP contribution in [0.5, 0.6) is 0 Å². The Hall–Kier alpha value is -0.470. The molecule has 1 fully saturated rings. The summed E-state index contributed by atoms with van der Waals surface area (Å²) < 4.78 is 0. The van der Waals surface area contributed by atoms with E-state index in [1.165, 1.54) is 11.3 Å². The molecule has 1 heterocycles. The van der Waals surface area contributed by atoms with Crippen LogP contribution in [-0.4, -0.2) is 16.7 Å². The fourth-order valence-electron chi connectivity index (χ4n) is 1.77. The van der Waals surface area contributed by atoms with E-state index in [0.717, 1.165) is 6.42 Å². The molecule has 0 aliphatic carbocycles. The Bertz CT molecular complexity index is 294. The van der Waals surface area contributed by atoms with E-state index >= 15 is 0 Å². The molecule has 0 spiro atoms. The van der Waals surface area contributed by atoms with E-state index in [1.54, 1.807) is 0 Å². The van der Waals surface area contributed by atoms with Crippen LogP contribution in [0.1, 0.15) is 19.4 Å². The second-order valence-corrected chi connectivity index (χ2v) is 5.71. The number of benzene rings is 1. The molecule has 1 N–H and O–H groups in total. The zero-order chi connectivity index (χ0) is 10.0. The van der Waals surface area contributed by atoms with Gasteiger partial charge >= 0.3 is 0 Å². The molecule has 1 aromatic rings. The minimum Gasteiger partial charge on any atom is -0.299 e. The summed E-state index contributed by atoms with van der Waals surface area (Å²) in [5, 5.41) is 4.23. The molecule has 0 saturated carbocycles. The van der Waals surface area contributed by atoms with Crippen molar-refractivity contribution < 1.29 is 0 Å². The molecule has 2 rings (SSSR count). The van der Waals surface area contributed by atoms with Crippen LogP contribution in [-0.2, 0) is 6.42 Å². The number of hydrogen-bond acceptors (Lipinski definition) is 2. The van der Waals surface area contributed by atoms with Crippen molar-refractivity contribution in [1.29, 1.82) is 0 Å². The molecule has 76 valence electrons. The lowest BCUT2D eigenvalue weighted by Crippen LogP contribution is -2.39. The molecule has 0 radical (unpaired) electrons. The summed E-state index contributed by atoms with van der Waals surface area (Å²) in [7, 11) is 0. The first-order chi connectivity index (χ1) is 6.66. The van der Waals surface area contributed by atoms with Gasteiger partial charge in [-0.2, -0.15) is 0 Å². The van der Waals surface area contributed by atoms with E-state index in [2.05, 4.69) is 49.5 Å². The Morgan fingerprint density at radius 1 is 1.36 bits per heavy atom. The Labute approximate surface area is 90.3 Å². The molecule has 1 aliphatic rings. The maximum atomic E-state index is 3.64. The van der Waals surface area contributed by atoms with Gasteiger partial charge in [0.05, 0.1) is 5.37 Å². The molecular weight excluding hydrogens is 190 g/mol. The molecule has 1 atom stereocenters. The summed E-state index contributed by atoms with van der Waals surface area (Å²) in [6.07, 6.45) is 1.13. The van der Waals surface area contributed by atoms with Gasteiger partial charge in [-0.15, -0.1) is 11.8 Å². The molecule has 2 heteroatoms. The van der Waals surface area contributed by atoms with E-state index in [9.17, 15) is 0 Å². The van der Waals surface area contributed by atoms with Gasteiger partial charge in [-0.25, -0.2) is 0 Å². The highest BCUT2D eigenvalue weighted by Gasteiger charge is 2.30. The van der Waals surface area contributed by atoms with Crippen LogP contribution in [0.25, 0.3) is 0 Å². The largest absolute Gasteiger partial charge is 0.299 e. The maximum absolute atomic E-state index is 3.64. The molecule has 14 heavy (non-hydrogen) atoms. The second kappa shape index (κ2) is 3.95. The predicted octanol–water partition coefficient (Wildman–Crippen LogP) is 2.67. The van der Waals surface area contributed by atoms with Gasteiger partial charge in [0.15, 0.2) is 0 Å². The van der Waals surface area contributed by atoms with Crippen LogP contribution in [0, 0.1) is 0 Å². The Balaban J connectivity index is 1.94. The summed E-state index contributed by atoms with van der Waals surface area (Å²) in [6.45, 7) is 4.54. The van der Waals surface area contributed by atoms with Gasteiger partial charge in [-0.1, -0.05) is 30.3 Å². The van der Waals surface area contributed by atoms with Crippen molar-refractivity contribution in [3.63, 3.8) is 0 Å². The summed E-state index contributed by atoms with van der Waals surface area (Å²) >= 11 is 2.03. The molecule has 0 bridgehead atoms. The van der Waals surface area contributed by atoms with Gasteiger partial charge in [0.1, 0.15) is 0 Å². The lowest BCUT2D eigenvalue weighted by atomic mass is 10.1. The molecule has 1 unspecified atom stereocenters. The first-order valence-electron chi connectivity index (χ1n) is 5.09. The number of hydrogen-bond donors (Lipinski definition) is 1. The topological polar surface area (TPSA) is 12.0 Å². The first kappa shape index (κ1) is 10.1. The fraction of sp³-hybridized carbons (Fsp3) is 0.500. The lowest BCUT2D eigenvalue weighted by molar-refractivity contribution is 0.445. The summed E-state index contributed by atoms with van der Waals surface area (Å²) in [5.74, 6) is 1.21. The van der Waals surface area contributed by atoms with Gasteiger partial charge in [0.2, 0.25) is 0 Å². The average molecular weight is 207 g/mol. The van der Waals surface area contributed by atoms with E-state index < -0.39 is 0 Å². The van der Waals surface area contributed by atoms with E-state index in [4.69, 9.17) is 0 Å². The number of nitrogens with one attached hydrogen (secondary N) is 1. The maximum Gasteiger partial charge on any atom is 0.0577 e. The fourth-order valence-corrected chi connectivity index (χ4v) is 3.18. The van der Waals surface area contributed by atoms with Gasteiger partial charge in [0, 0.05) is 11.3 Å². The normalized spacial score (nSPS) is 25.1. The van der Waals surface area contributed by atoms with Gasteiger partial charge in [0.25, 0.3) is 0 Å². The highest BCUT2D eigenvalue weighted by Crippen LogP contribution is 2.28. The Kier molecular flexibility index (Phi) is 2.84. The Morgan fingerprint density at radius 2 is 2.07 bits per heavy atom. The average Bonchev–Trinajstić information content (AvgIpc) is 2.47. The number of rotatable bonds is 2. The Morgan fingerprint density at radius 3 is 2.64 bits per heavy atom. The van der Waals surface area contributed by atoms with Crippen molar-refractivity contribution in [2.75, 3.05) is 5.75 Å². The van der Waals surface area contributed by atoms with E-state index in [-0.39, 0.29) is 0 Å². The van der Waals surface area contributed by atoms with Crippen molar-refractivity contribution in [2.45, 2.75) is 31.2 Å². The molecule has 0 amide bonds. The van der Waals surface area contributed by atoms with Crippen molar-refractivity contribution in [3.8, 4) is 0 Å². The zero-order valence-corrected chi connectivity index (χ0v) is 9.60. The van der Waals surface area contributed by atoms with Crippen LogP contribution >= 0.6 is 11.8 Å². The third-order valence-corrected chi connectivity index (χ3v) is 4.04. The monoisotopic (exact) mass is 207 g/mol. The first-order valence-corrected chi connectivity index (χ1v) is 6.14. The van der Waals surface area contributed by atoms with Gasteiger partial charge in [-0.05, 0) is 25.8 Å². The minimum absolute atomic E-state index is 0.310. The summed E-state index contributed by atoms with van der Waals surface area (Å²) in [6, 6.07) is 10.7. The summed E-state index contributed by atoms with van der Waals surface area (Å²) in [4.78, 5) is 0. The third-order valence-electron chi connectivity index (χ3n) is 2.46. The van der Waals surface area contributed by atoms with Crippen LogP contribution in [0.3, 0.4) is 0 Å². The van der Waals surface area contributed by atoms with Crippen LogP contribution in [0.4, 0.5) is 0 Å². The van der Waals surface area contributed by atoms with Crippen LogP contribution in [0.2, 0.25) is 0 Å². The standard InChI is InChI=1S/C12H17NS/c1-12(2)9-14-11(13-12)8-10-6-4-3-5-7-10/h3-7,11,13H,8-9H2,1-2H3. The molecule has 1 aromatic carbocycles. The minimum atomic E-state index is 0.310.